The van der Waals surface area contributed by atoms with E-state index in [1.54, 1.807) is 24.3 Å². The molecule has 0 atom stereocenters. The van der Waals surface area contributed by atoms with Crippen LogP contribution in [0.2, 0.25) is 5.02 Å². The molecule has 2 aliphatic heterocycles. The van der Waals surface area contributed by atoms with Crippen molar-refractivity contribution in [2.45, 2.75) is 0 Å². The Kier molecular flexibility index (Phi) is 3.86. The number of halogens is 1. The van der Waals surface area contributed by atoms with Crippen LogP contribution in [0.4, 0.5) is 0 Å². The Bertz CT molecular complexity index is 917. The lowest BCUT2D eigenvalue weighted by Crippen LogP contribution is -2.45. The molecule has 0 radical (unpaired) electrons. The molecule has 2 aliphatic rings. The Morgan fingerprint density at radius 2 is 1.96 bits per heavy atom. The molecule has 1 amide bonds. The number of hydrogen-bond donors (Lipinski definition) is 1. The number of rotatable bonds is 1. The number of hydrogen-bond acceptors (Lipinski definition) is 6. The fraction of sp³-hybridized carbons (Fsp3) is 0.0769. The van der Waals surface area contributed by atoms with Crippen LogP contribution < -0.4 is 0 Å². The second-order valence-electron chi connectivity index (χ2n) is 4.73. The van der Waals surface area contributed by atoms with Crippen molar-refractivity contribution in [3.8, 4) is 0 Å². The van der Waals surface area contributed by atoms with Gasteiger partial charge in [-0.25, -0.2) is 13.3 Å². The molecule has 2 heterocycles. The molecule has 0 unspecified atom stereocenters. The first kappa shape index (κ1) is 15.9. The number of carbonyl (C=O) groups is 1. The van der Waals surface area contributed by atoms with Crippen LogP contribution in [0, 0.1) is 5.41 Å². The van der Waals surface area contributed by atoms with Gasteiger partial charge in [-0.05, 0) is 23.8 Å². The predicted octanol–water partition coefficient (Wildman–Crippen LogP) is 1.96. The lowest BCUT2D eigenvalue weighted by atomic mass is 10.1. The summed E-state index contributed by atoms with van der Waals surface area (Å²) in [5.74, 6) is -0.891. The molecule has 10 heteroatoms. The van der Waals surface area contributed by atoms with E-state index < -0.39 is 15.7 Å². The fourth-order valence-electron chi connectivity index (χ4n) is 1.96. The first-order valence-corrected chi connectivity index (χ1v) is 9.26. The van der Waals surface area contributed by atoms with Crippen molar-refractivity contribution in [2.24, 2.45) is 9.39 Å². The van der Waals surface area contributed by atoms with Crippen LogP contribution in [0.15, 0.2) is 39.2 Å². The van der Waals surface area contributed by atoms with Gasteiger partial charge in [0.2, 0.25) is 20.2 Å². The van der Waals surface area contributed by atoms with Gasteiger partial charge in [0, 0.05) is 11.3 Å². The largest absolute Gasteiger partial charge is 0.283 e. The highest BCUT2D eigenvalue weighted by molar-refractivity contribution is 8.16. The van der Waals surface area contributed by atoms with Gasteiger partial charge in [0.15, 0.2) is 0 Å². The Labute approximate surface area is 141 Å². The molecular weight excluding hydrogens is 360 g/mol. The summed E-state index contributed by atoms with van der Waals surface area (Å²) in [5, 5.41) is 8.48. The van der Waals surface area contributed by atoms with Gasteiger partial charge in [-0.1, -0.05) is 23.7 Å². The molecule has 3 rings (SSSR count). The van der Waals surface area contributed by atoms with Gasteiger partial charge in [-0.15, -0.1) is 0 Å². The van der Waals surface area contributed by atoms with Crippen molar-refractivity contribution in [1.29, 1.82) is 5.41 Å². The number of nitrogens with one attached hydrogen (secondary N) is 1. The summed E-state index contributed by atoms with van der Waals surface area (Å²) in [6.07, 6.45) is 2.45. The smallest absolute Gasteiger partial charge is 0.283 e. The van der Waals surface area contributed by atoms with Crippen LogP contribution in [-0.4, -0.2) is 41.7 Å². The van der Waals surface area contributed by atoms with Gasteiger partial charge in [-0.3, -0.25) is 10.2 Å². The molecule has 0 aromatic heterocycles. The van der Waals surface area contributed by atoms with Crippen molar-refractivity contribution in [3.05, 3.63) is 40.4 Å². The van der Waals surface area contributed by atoms with Crippen LogP contribution in [0.5, 0.6) is 0 Å². The topological polar surface area (TPSA) is 103 Å². The maximum atomic E-state index is 12.1. The van der Waals surface area contributed by atoms with Gasteiger partial charge < -0.3 is 0 Å². The summed E-state index contributed by atoms with van der Waals surface area (Å²) < 4.78 is 27.3. The summed E-state index contributed by atoms with van der Waals surface area (Å²) in [5.41, 5.74) is 0.626. The molecule has 1 aromatic rings. The number of fused-ring (bicyclic) bond motifs is 1. The number of amidine groups is 3. The van der Waals surface area contributed by atoms with E-state index in [0.717, 1.165) is 23.1 Å². The Hall–Kier alpha value is -1.97. The second kappa shape index (κ2) is 5.59. The van der Waals surface area contributed by atoms with Crippen LogP contribution in [0.3, 0.4) is 0 Å². The van der Waals surface area contributed by atoms with Crippen molar-refractivity contribution in [1.82, 2.24) is 4.90 Å². The Morgan fingerprint density at radius 1 is 1.30 bits per heavy atom. The van der Waals surface area contributed by atoms with E-state index in [-0.39, 0.29) is 21.7 Å². The monoisotopic (exact) mass is 368 g/mol. The van der Waals surface area contributed by atoms with E-state index in [4.69, 9.17) is 17.0 Å². The normalized spacial score (nSPS) is 19.7. The van der Waals surface area contributed by atoms with Crippen molar-refractivity contribution in [2.75, 3.05) is 6.26 Å². The highest BCUT2D eigenvalue weighted by Gasteiger charge is 2.41. The van der Waals surface area contributed by atoms with Crippen LogP contribution >= 0.6 is 23.5 Å². The third-order valence-corrected chi connectivity index (χ3v) is 5.01. The van der Waals surface area contributed by atoms with Gasteiger partial charge in [0.05, 0.1) is 17.5 Å². The molecule has 0 bridgehead atoms. The summed E-state index contributed by atoms with van der Waals surface area (Å²) >= 11 is 6.57. The van der Waals surface area contributed by atoms with E-state index in [1.165, 1.54) is 6.08 Å². The fourth-order valence-corrected chi connectivity index (χ4v) is 3.93. The average Bonchev–Trinajstić information content (AvgIpc) is 2.89. The molecule has 23 heavy (non-hydrogen) atoms. The van der Waals surface area contributed by atoms with E-state index in [0.29, 0.717) is 10.6 Å². The quantitative estimate of drug-likeness (QED) is 0.602. The summed E-state index contributed by atoms with van der Waals surface area (Å²) in [6, 6.07) is 6.65. The zero-order chi connectivity index (χ0) is 16.8. The van der Waals surface area contributed by atoms with Gasteiger partial charge in [-0.2, -0.15) is 9.39 Å². The van der Waals surface area contributed by atoms with E-state index in [9.17, 15) is 13.2 Å². The minimum Gasteiger partial charge on any atom is -0.283 e. The summed E-state index contributed by atoms with van der Waals surface area (Å²) in [6.45, 7) is 0. The first-order chi connectivity index (χ1) is 10.8. The summed E-state index contributed by atoms with van der Waals surface area (Å²) in [7, 11) is -3.65. The zero-order valence-electron chi connectivity index (χ0n) is 11.6. The van der Waals surface area contributed by atoms with Gasteiger partial charge in [0.1, 0.15) is 5.84 Å². The predicted molar refractivity (Wildman–Crippen MR) is 91.3 cm³/mol. The third-order valence-electron chi connectivity index (χ3n) is 3.01. The Morgan fingerprint density at radius 3 is 2.57 bits per heavy atom. The van der Waals surface area contributed by atoms with Gasteiger partial charge >= 0.3 is 0 Å². The maximum absolute atomic E-state index is 12.1. The van der Waals surface area contributed by atoms with Crippen LogP contribution in [-0.2, 0) is 14.6 Å². The molecule has 0 aliphatic carbocycles. The molecular formula is C13H9ClN4O3S2. The molecule has 0 saturated carbocycles. The average molecular weight is 369 g/mol. The number of aliphatic imine (C=N–C) groups is 1. The lowest BCUT2D eigenvalue weighted by Gasteiger charge is -2.23. The highest BCUT2D eigenvalue weighted by atomic mass is 35.5. The van der Waals surface area contributed by atoms with Crippen molar-refractivity contribution < 1.29 is 13.2 Å². The molecule has 7 nitrogen and oxygen atoms in total. The van der Waals surface area contributed by atoms with Crippen molar-refractivity contribution in [3.63, 3.8) is 0 Å². The van der Waals surface area contributed by atoms with Crippen LogP contribution in [0.25, 0.3) is 6.08 Å². The second-order valence-corrected chi connectivity index (χ2v) is 7.81. The SMILES string of the molecule is CS(=O)(=O)C1=NSC2=NC(=O)/C(=C\c3ccc(Cl)cc3)C(=N)N21. The number of benzene rings is 1. The molecule has 0 saturated heterocycles. The molecule has 0 spiro atoms. The minimum absolute atomic E-state index is 0.0186. The number of carbonyl (C=O) groups excluding carboxylic acids is 1. The molecule has 1 N–H and O–H groups in total. The first-order valence-electron chi connectivity index (χ1n) is 6.22. The zero-order valence-corrected chi connectivity index (χ0v) is 14.0. The number of sulfone groups is 1. The standard InChI is InChI=1S/C13H9ClN4O3S2/c1-23(20,21)13-17-22-12-16-11(19)9(10(15)18(12)13)6-7-2-4-8(14)5-3-7/h2-6,15H,1H3/b9-6-,15-10?. The molecule has 1 aromatic carbocycles. The third kappa shape index (κ3) is 2.94. The van der Waals surface area contributed by atoms with E-state index in [2.05, 4.69) is 9.39 Å². The summed E-state index contributed by atoms with van der Waals surface area (Å²) in [4.78, 5) is 17.0. The number of amides is 1. The molecule has 0 fully saturated rings. The Balaban J connectivity index is 2.05. The van der Waals surface area contributed by atoms with E-state index >= 15 is 0 Å². The van der Waals surface area contributed by atoms with E-state index in [1.807, 2.05) is 0 Å². The molecule has 118 valence electrons. The van der Waals surface area contributed by atoms with Gasteiger partial charge in [0.25, 0.3) is 5.91 Å². The highest BCUT2D eigenvalue weighted by Crippen LogP contribution is 2.29. The lowest BCUT2D eigenvalue weighted by molar-refractivity contribution is -0.114. The number of nitrogens with zero attached hydrogens (tertiary/aromatic N) is 3. The minimum atomic E-state index is -3.65. The van der Waals surface area contributed by atoms with Crippen LogP contribution in [0.1, 0.15) is 5.56 Å². The van der Waals surface area contributed by atoms with Crippen molar-refractivity contribution >= 4 is 61.5 Å². The maximum Gasteiger partial charge on any atom is 0.283 e.